The minimum atomic E-state index is -4.19. The van der Waals surface area contributed by atoms with Crippen LogP contribution in [0.25, 0.3) is 0 Å². The molecule has 1 spiro atoms. The summed E-state index contributed by atoms with van der Waals surface area (Å²) in [5, 5.41) is 4.80. The molecule has 3 atom stereocenters. The topological polar surface area (TPSA) is 88.1 Å². The van der Waals surface area contributed by atoms with Gasteiger partial charge >= 0.3 is 0 Å². The molecule has 1 N–H and O–H groups in total. The predicted molar refractivity (Wildman–Crippen MR) is 174 cm³/mol. The van der Waals surface area contributed by atoms with Crippen LogP contribution in [-0.4, -0.2) is 25.2 Å². The molecule has 7 nitrogen and oxygen atoms in total. The average molecular weight is 614 g/mol. The summed E-state index contributed by atoms with van der Waals surface area (Å²) in [6.45, 7) is 2.05. The van der Waals surface area contributed by atoms with Gasteiger partial charge in [0, 0.05) is 5.69 Å². The number of nitrogens with one attached hydrogen (secondary N) is 1. The van der Waals surface area contributed by atoms with Crippen LogP contribution in [-0.2, 0) is 31.7 Å². The fourth-order valence-electron chi connectivity index (χ4n) is 6.59. The van der Waals surface area contributed by atoms with E-state index >= 15 is 0 Å². The van der Waals surface area contributed by atoms with Gasteiger partial charge in [-0.25, -0.2) is 5.06 Å². The Hall–Kier alpha value is -5.05. The number of amides is 1. The first-order valence-corrected chi connectivity index (χ1v) is 16.2. The number of hydroxylamine groups is 2. The van der Waals surface area contributed by atoms with Crippen molar-refractivity contribution in [3.05, 3.63) is 167 Å². The quantitative estimate of drug-likeness (QED) is 0.215. The molecule has 0 aromatic heterocycles. The molecular formula is C37H31N3O4S. The summed E-state index contributed by atoms with van der Waals surface area (Å²) in [7, 11) is -4.19. The lowest BCUT2D eigenvalue weighted by atomic mass is 9.64. The van der Waals surface area contributed by atoms with Crippen molar-refractivity contribution in [2.24, 2.45) is 4.40 Å². The number of benzene rings is 5. The monoisotopic (exact) mass is 613 g/mol. The van der Waals surface area contributed by atoms with E-state index in [9.17, 15) is 13.2 Å². The molecule has 1 fully saturated rings. The van der Waals surface area contributed by atoms with Gasteiger partial charge in [0.25, 0.3) is 15.9 Å². The zero-order chi connectivity index (χ0) is 31.0. The van der Waals surface area contributed by atoms with Crippen molar-refractivity contribution >= 4 is 27.5 Å². The van der Waals surface area contributed by atoms with Crippen molar-refractivity contribution in [2.45, 2.75) is 35.8 Å². The lowest BCUT2D eigenvalue weighted by Gasteiger charge is -2.37. The first-order chi connectivity index (χ1) is 21.9. The SMILES string of the molecule is Cc1ccc(S(=O)(=O)/N=C2\Nc3ccccc3C23C(c2ccccc2)C(=O)N(OCc2ccccc2)C3c2ccccc2)cc1. The van der Waals surface area contributed by atoms with Crippen LogP contribution >= 0.6 is 0 Å². The zero-order valence-electron chi connectivity index (χ0n) is 24.6. The first kappa shape index (κ1) is 28.7. The van der Waals surface area contributed by atoms with Gasteiger partial charge in [-0.15, -0.1) is 4.40 Å². The molecule has 0 radical (unpaired) electrons. The highest BCUT2D eigenvalue weighted by atomic mass is 32.2. The minimum absolute atomic E-state index is 0.0718. The lowest BCUT2D eigenvalue weighted by molar-refractivity contribution is -0.198. The highest BCUT2D eigenvalue weighted by Gasteiger charge is 2.67. The molecule has 1 saturated heterocycles. The fourth-order valence-corrected chi connectivity index (χ4v) is 7.62. The van der Waals surface area contributed by atoms with Crippen molar-refractivity contribution in [3.63, 3.8) is 0 Å². The summed E-state index contributed by atoms with van der Waals surface area (Å²) in [6, 6.07) is 42.2. The highest BCUT2D eigenvalue weighted by molar-refractivity contribution is 7.90. The molecule has 224 valence electrons. The van der Waals surface area contributed by atoms with Gasteiger partial charge in [-0.3, -0.25) is 9.63 Å². The molecule has 1 amide bonds. The van der Waals surface area contributed by atoms with Gasteiger partial charge in [0.05, 0.1) is 16.2 Å². The molecule has 2 heterocycles. The summed E-state index contributed by atoms with van der Waals surface area (Å²) < 4.78 is 32.5. The Morgan fingerprint density at radius 1 is 0.756 bits per heavy atom. The third-order valence-electron chi connectivity index (χ3n) is 8.59. The van der Waals surface area contributed by atoms with Crippen LogP contribution in [0.1, 0.15) is 39.8 Å². The van der Waals surface area contributed by atoms with E-state index in [0.29, 0.717) is 5.69 Å². The largest absolute Gasteiger partial charge is 0.342 e. The Morgan fingerprint density at radius 3 is 2.00 bits per heavy atom. The van der Waals surface area contributed by atoms with E-state index in [-0.39, 0.29) is 23.2 Å². The van der Waals surface area contributed by atoms with Crippen molar-refractivity contribution in [3.8, 4) is 0 Å². The van der Waals surface area contributed by atoms with E-state index in [2.05, 4.69) is 9.71 Å². The second kappa shape index (κ2) is 11.5. The number of nitrogens with zero attached hydrogens (tertiary/aromatic N) is 2. The smallest absolute Gasteiger partial charge is 0.283 e. The van der Waals surface area contributed by atoms with Gasteiger partial charge in [0.1, 0.15) is 18.5 Å². The Balaban J connectivity index is 1.51. The summed E-state index contributed by atoms with van der Waals surface area (Å²) in [4.78, 5) is 21.4. The van der Waals surface area contributed by atoms with Crippen LogP contribution in [0.15, 0.2) is 149 Å². The second-order valence-electron chi connectivity index (χ2n) is 11.3. The number of aryl methyl sites for hydroxylation is 1. The number of hydrogen-bond donors (Lipinski definition) is 1. The second-order valence-corrected chi connectivity index (χ2v) is 13.0. The van der Waals surface area contributed by atoms with Crippen molar-refractivity contribution in [2.75, 3.05) is 5.32 Å². The maximum Gasteiger partial charge on any atom is 0.283 e. The molecule has 2 aliphatic rings. The number of sulfonamides is 1. The number of carbonyl (C=O) groups excluding carboxylic acids is 1. The number of carbonyl (C=O) groups is 1. The van der Waals surface area contributed by atoms with Crippen molar-refractivity contribution in [1.82, 2.24) is 5.06 Å². The summed E-state index contributed by atoms with van der Waals surface area (Å²) in [5.74, 6) is -0.973. The van der Waals surface area contributed by atoms with Crippen LogP contribution in [0.3, 0.4) is 0 Å². The van der Waals surface area contributed by atoms with Gasteiger partial charge in [0.15, 0.2) is 0 Å². The number of para-hydroxylation sites is 1. The Morgan fingerprint density at radius 2 is 1.33 bits per heavy atom. The molecule has 5 aromatic carbocycles. The van der Waals surface area contributed by atoms with Gasteiger partial charge < -0.3 is 5.32 Å². The van der Waals surface area contributed by atoms with Crippen molar-refractivity contribution < 1.29 is 18.0 Å². The van der Waals surface area contributed by atoms with Gasteiger partial charge in [-0.1, -0.05) is 127 Å². The van der Waals surface area contributed by atoms with E-state index in [0.717, 1.165) is 27.8 Å². The van der Waals surface area contributed by atoms with Crippen LogP contribution in [0.2, 0.25) is 0 Å². The van der Waals surface area contributed by atoms with Crippen LogP contribution in [0, 0.1) is 6.92 Å². The van der Waals surface area contributed by atoms with Crippen LogP contribution in [0.4, 0.5) is 5.69 Å². The molecule has 3 unspecified atom stereocenters. The number of fused-ring (bicyclic) bond motifs is 2. The lowest BCUT2D eigenvalue weighted by Crippen LogP contribution is -2.44. The van der Waals surface area contributed by atoms with Gasteiger partial charge in [-0.05, 0) is 47.4 Å². The summed E-state index contributed by atoms with van der Waals surface area (Å²) >= 11 is 0. The molecule has 8 heteroatoms. The Labute approximate surface area is 262 Å². The summed E-state index contributed by atoms with van der Waals surface area (Å²) in [5.41, 5.74) is 3.52. The first-order valence-electron chi connectivity index (χ1n) is 14.8. The minimum Gasteiger partial charge on any atom is -0.342 e. The Bertz CT molecular complexity index is 1980. The van der Waals surface area contributed by atoms with Crippen LogP contribution < -0.4 is 5.32 Å². The third-order valence-corrected chi connectivity index (χ3v) is 9.89. The van der Waals surface area contributed by atoms with Gasteiger partial charge in [0.2, 0.25) is 0 Å². The molecule has 7 rings (SSSR count). The zero-order valence-corrected chi connectivity index (χ0v) is 25.4. The molecular weight excluding hydrogens is 582 g/mol. The predicted octanol–water partition coefficient (Wildman–Crippen LogP) is 6.94. The van der Waals surface area contributed by atoms with Crippen molar-refractivity contribution in [1.29, 1.82) is 0 Å². The van der Waals surface area contributed by atoms with E-state index in [1.165, 1.54) is 5.06 Å². The van der Waals surface area contributed by atoms with E-state index < -0.39 is 27.4 Å². The molecule has 0 aliphatic carbocycles. The fraction of sp³-hybridized carbons (Fsp3) is 0.135. The maximum atomic E-state index is 14.9. The molecule has 45 heavy (non-hydrogen) atoms. The standard InChI is InChI=1S/C37H31N3O4S/c1-26-21-23-30(24-22-26)45(42,43)39-36-37(31-19-11-12-20-32(31)38-36)33(28-15-7-3-8-16-28)35(41)40(34(37)29-17-9-4-10-18-29)44-25-27-13-5-2-6-14-27/h2-24,33-34H,25H2,1H3,(H,38,39). The molecule has 0 saturated carbocycles. The average Bonchev–Trinajstić information content (AvgIpc) is 3.51. The van der Waals surface area contributed by atoms with E-state index in [4.69, 9.17) is 4.84 Å². The molecule has 5 aromatic rings. The normalized spacial score (nSPS) is 21.7. The number of rotatable bonds is 7. The van der Waals surface area contributed by atoms with E-state index in [1.54, 1.807) is 24.3 Å². The number of anilines is 1. The maximum absolute atomic E-state index is 14.9. The third kappa shape index (κ3) is 4.92. The molecule has 0 bridgehead atoms. The highest BCUT2D eigenvalue weighted by Crippen LogP contribution is 2.61. The van der Waals surface area contributed by atoms with Gasteiger partial charge in [-0.2, -0.15) is 8.42 Å². The van der Waals surface area contributed by atoms with Crippen LogP contribution in [0.5, 0.6) is 0 Å². The summed E-state index contributed by atoms with van der Waals surface area (Å²) in [6.07, 6.45) is 0. The Kier molecular flexibility index (Phi) is 7.31. The molecule has 2 aliphatic heterocycles. The van der Waals surface area contributed by atoms with E-state index in [1.807, 2.05) is 122 Å². The number of hydrogen-bond acceptors (Lipinski definition) is 4. The number of amidine groups is 1.